The van der Waals surface area contributed by atoms with E-state index in [1.807, 2.05) is 19.2 Å². The summed E-state index contributed by atoms with van der Waals surface area (Å²) in [4.78, 5) is 11.8. The van der Waals surface area contributed by atoms with Gasteiger partial charge in [0.2, 0.25) is 0 Å². The zero-order valence-electron chi connectivity index (χ0n) is 15.3. The molecule has 0 saturated heterocycles. The summed E-state index contributed by atoms with van der Waals surface area (Å²) >= 11 is 0. The minimum absolute atomic E-state index is 0.433. The van der Waals surface area contributed by atoms with Gasteiger partial charge in [-0.3, -0.25) is 0 Å². The Labute approximate surface area is 140 Å². The Morgan fingerprint density at radius 2 is 1.57 bits per heavy atom. The number of carboxylic acids is 1. The van der Waals surface area contributed by atoms with Gasteiger partial charge in [0.15, 0.2) is 8.24 Å². The number of aromatic nitrogens is 1. The highest BCUT2D eigenvalue weighted by Crippen LogP contribution is 2.44. The van der Waals surface area contributed by atoms with E-state index < -0.39 is 14.2 Å². The van der Waals surface area contributed by atoms with E-state index in [1.54, 1.807) is 0 Å². The molecule has 2 aromatic rings. The molecule has 1 heterocycles. The van der Waals surface area contributed by atoms with Gasteiger partial charge in [-0.2, -0.15) is 0 Å². The van der Waals surface area contributed by atoms with Crippen LogP contribution in [0.2, 0.25) is 16.6 Å². The van der Waals surface area contributed by atoms with Crippen molar-refractivity contribution in [3.63, 3.8) is 0 Å². The van der Waals surface area contributed by atoms with E-state index in [0.717, 1.165) is 16.5 Å². The molecule has 4 heteroatoms. The van der Waals surface area contributed by atoms with Gasteiger partial charge in [-0.05, 0) is 35.7 Å². The van der Waals surface area contributed by atoms with Gasteiger partial charge in [-0.1, -0.05) is 53.2 Å². The zero-order valence-corrected chi connectivity index (χ0v) is 16.3. The van der Waals surface area contributed by atoms with Crippen molar-refractivity contribution in [3.8, 4) is 0 Å². The van der Waals surface area contributed by atoms with Crippen LogP contribution in [0.15, 0.2) is 24.4 Å². The lowest BCUT2D eigenvalue weighted by molar-refractivity contribution is 0.0699. The van der Waals surface area contributed by atoms with E-state index in [2.05, 4.69) is 57.9 Å². The summed E-state index contributed by atoms with van der Waals surface area (Å²) in [5.74, 6) is -0.835. The summed E-state index contributed by atoms with van der Waals surface area (Å²) in [6, 6.07) is 6.20. The lowest BCUT2D eigenvalue weighted by atomic mass is 10.1. The fourth-order valence-electron chi connectivity index (χ4n) is 4.67. The van der Waals surface area contributed by atoms with Crippen molar-refractivity contribution >= 4 is 25.1 Å². The Bertz CT molecular complexity index is 707. The van der Waals surface area contributed by atoms with E-state index in [-0.39, 0.29) is 0 Å². The minimum Gasteiger partial charge on any atom is -0.478 e. The number of carboxylic acid groups (broad SMARTS) is 1. The van der Waals surface area contributed by atoms with Crippen molar-refractivity contribution in [1.29, 1.82) is 0 Å². The molecule has 1 aromatic heterocycles. The van der Waals surface area contributed by atoms with E-state index in [1.165, 1.54) is 0 Å². The molecule has 0 amide bonds. The number of fused-ring (bicyclic) bond motifs is 1. The summed E-state index contributed by atoms with van der Waals surface area (Å²) in [6.07, 6.45) is 1.92. The van der Waals surface area contributed by atoms with Crippen molar-refractivity contribution in [1.82, 2.24) is 4.23 Å². The van der Waals surface area contributed by atoms with Gasteiger partial charge in [0.05, 0.1) is 5.56 Å². The summed E-state index contributed by atoms with van der Waals surface area (Å²) in [7, 11) is -1.96. The van der Waals surface area contributed by atoms with Gasteiger partial charge in [0, 0.05) is 17.1 Å². The van der Waals surface area contributed by atoms with Gasteiger partial charge < -0.3 is 9.34 Å². The molecule has 0 unspecified atom stereocenters. The van der Waals surface area contributed by atoms with Crippen LogP contribution in [0.4, 0.5) is 0 Å². The zero-order chi connectivity index (χ0) is 17.5. The Kier molecular flexibility index (Phi) is 4.76. The summed E-state index contributed by atoms with van der Waals surface area (Å²) in [5.41, 5.74) is 4.20. The highest BCUT2D eigenvalue weighted by molar-refractivity contribution is 6.82. The maximum absolute atomic E-state index is 11.8. The molecule has 0 fully saturated rings. The maximum Gasteiger partial charge on any atom is 0.337 e. The fourth-order valence-corrected chi connectivity index (χ4v) is 11.3. The number of nitrogens with zero attached hydrogens (tertiary/aromatic N) is 1. The normalized spacial score (nSPS) is 12.8. The van der Waals surface area contributed by atoms with Crippen LogP contribution in [0.3, 0.4) is 0 Å². The molecule has 126 valence electrons. The van der Waals surface area contributed by atoms with E-state index in [9.17, 15) is 9.90 Å². The molecule has 0 aliphatic rings. The highest BCUT2D eigenvalue weighted by Gasteiger charge is 2.46. The number of rotatable bonds is 5. The van der Waals surface area contributed by atoms with Crippen LogP contribution in [-0.4, -0.2) is 23.5 Å². The predicted molar refractivity (Wildman–Crippen MR) is 100 cm³/mol. The summed E-state index contributed by atoms with van der Waals surface area (Å²) < 4.78 is 2.38. The standard InChI is InChI=1S/C19H29NO2Si/c1-12(2)23(13(3)4,14(5)6)20-11-17(19(21)22)16-10-15(7)8-9-18(16)20/h8-14H,1-7H3,(H,21,22). The molecule has 1 N–H and O–H groups in total. The van der Waals surface area contributed by atoms with Crippen LogP contribution in [0.1, 0.15) is 57.5 Å². The summed E-state index contributed by atoms with van der Waals surface area (Å²) in [5, 5.41) is 10.5. The number of benzene rings is 1. The van der Waals surface area contributed by atoms with Gasteiger partial charge >= 0.3 is 5.97 Å². The molecule has 0 aliphatic heterocycles. The molecule has 0 saturated carbocycles. The number of carbonyl (C=O) groups is 1. The summed E-state index contributed by atoms with van der Waals surface area (Å²) in [6.45, 7) is 15.8. The van der Waals surface area contributed by atoms with Crippen molar-refractivity contribution < 1.29 is 9.90 Å². The van der Waals surface area contributed by atoms with Crippen molar-refractivity contribution in [3.05, 3.63) is 35.5 Å². The van der Waals surface area contributed by atoms with Crippen molar-refractivity contribution in [2.24, 2.45) is 0 Å². The number of aryl methyl sites for hydroxylation is 1. The second-order valence-electron chi connectivity index (χ2n) is 7.59. The SMILES string of the molecule is Cc1ccc2c(c1)c(C(=O)O)cn2[Si](C(C)C)(C(C)C)C(C)C. The minimum atomic E-state index is -1.96. The van der Waals surface area contributed by atoms with Gasteiger partial charge in [-0.25, -0.2) is 4.79 Å². The van der Waals surface area contributed by atoms with E-state index >= 15 is 0 Å². The van der Waals surface area contributed by atoms with Gasteiger partial charge in [-0.15, -0.1) is 0 Å². The molecule has 3 nitrogen and oxygen atoms in total. The molecule has 0 spiro atoms. The Morgan fingerprint density at radius 1 is 1.04 bits per heavy atom. The Balaban J connectivity index is 2.92. The number of hydrogen-bond donors (Lipinski definition) is 1. The lowest BCUT2D eigenvalue weighted by Gasteiger charge is -2.44. The predicted octanol–water partition coefficient (Wildman–Crippen LogP) is 5.67. The second-order valence-corrected chi connectivity index (χ2v) is 13.3. The smallest absolute Gasteiger partial charge is 0.337 e. The Morgan fingerprint density at radius 3 is 2.00 bits per heavy atom. The molecule has 0 atom stereocenters. The average molecular weight is 332 g/mol. The van der Waals surface area contributed by atoms with Crippen LogP contribution in [0, 0.1) is 6.92 Å². The molecule has 0 radical (unpaired) electrons. The van der Waals surface area contributed by atoms with Crippen LogP contribution in [0.5, 0.6) is 0 Å². The monoisotopic (exact) mass is 331 g/mol. The largest absolute Gasteiger partial charge is 0.478 e. The van der Waals surface area contributed by atoms with Gasteiger partial charge in [0.1, 0.15) is 0 Å². The molecule has 2 rings (SSSR count). The van der Waals surface area contributed by atoms with E-state index in [4.69, 9.17) is 0 Å². The highest BCUT2D eigenvalue weighted by atomic mass is 28.3. The molecule has 0 aliphatic carbocycles. The van der Waals surface area contributed by atoms with Crippen LogP contribution in [-0.2, 0) is 0 Å². The Hall–Kier alpha value is -1.55. The average Bonchev–Trinajstić information content (AvgIpc) is 2.77. The van der Waals surface area contributed by atoms with E-state index in [0.29, 0.717) is 22.2 Å². The van der Waals surface area contributed by atoms with Crippen LogP contribution in [0.25, 0.3) is 10.9 Å². The van der Waals surface area contributed by atoms with Crippen molar-refractivity contribution in [2.45, 2.75) is 65.1 Å². The van der Waals surface area contributed by atoms with Gasteiger partial charge in [0.25, 0.3) is 0 Å². The topological polar surface area (TPSA) is 42.2 Å². The second kappa shape index (κ2) is 6.15. The lowest BCUT2D eigenvalue weighted by Crippen LogP contribution is -2.51. The van der Waals surface area contributed by atoms with Crippen LogP contribution >= 0.6 is 0 Å². The third-order valence-corrected chi connectivity index (χ3v) is 12.1. The quantitative estimate of drug-likeness (QED) is 0.717. The fraction of sp³-hybridized carbons (Fsp3) is 0.526. The molecule has 0 bridgehead atoms. The number of aromatic carboxylic acids is 1. The molecule has 23 heavy (non-hydrogen) atoms. The first kappa shape index (κ1) is 17.8. The first-order valence-corrected chi connectivity index (χ1v) is 10.7. The maximum atomic E-state index is 11.8. The first-order chi connectivity index (χ1) is 10.6. The number of hydrogen-bond acceptors (Lipinski definition) is 1. The third-order valence-electron chi connectivity index (χ3n) is 5.38. The van der Waals surface area contributed by atoms with Crippen molar-refractivity contribution in [2.75, 3.05) is 0 Å². The molecule has 1 aromatic carbocycles. The molecular formula is C19H29NO2Si. The third kappa shape index (κ3) is 2.63. The van der Waals surface area contributed by atoms with Crippen LogP contribution < -0.4 is 0 Å². The first-order valence-electron chi connectivity index (χ1n) is 8.49. The molecular weight excluding hydrogens is 302 g/mol.